The third-order valence-corrected chi connectivity index (χ3v) is 6.83. The number of aromatic nitrogens is 2. The number of likely N-dealkylation sites (tertiary alicyclic amines) is 2. The van der Waals surface area contributed by atoms with Gasteiger partial charge in [-0.05, 0) is 45.2 Å². The second-order valence-corrected chi connectivity index (χ2v) is 9.08. The molecule has 0 unspecified atom stereocenters. The molecule has 2 saturated heterocycles. The summed E-state index contributed by atoms with van der Waals surface area (Å²) in [5.74, 6) is 1.10. The maximum atomic E-state index is 12.3. The highest BCUT2D eigenvalue weighted by molar-refractivity contribution is 8.01. The van der Waals surface area contributed by atoms with Crippen molar-refractivity contribution in [1.29, 1.82) is 0 Å². The summed E-state index contributed by atoms with van der Waals surface area (Å²) in [6.45, 7) is 6.26. The first-order valence-electron chi connectivity index (χ1n) is 7.96. The minimum atomic E-state index is 0.301. The summed E-state index contributed by atoms with van der Waals surface area (Å²) in [4.78, 5) is 16.8. The van der Waals surface area contributed by atoms with Crippen molar-refractivity contribution >= 4 is 29.0 Å². The second-order valence-electron chi connectivity index (χ2n) is 6.55. The molecular formula is C15H24N4OS2. The molecule has 3 heterocycles. The van der Waals surface area contributed by atoms with E-state index in [1.165, 1.54) is 32.4 Å². The fraction of sp³-hybridized carbons (Fsp3) is 0.800. The third kappa shape index (κ3) is 3.81. The molecule has 1 aromatic rings. The highest BCUT2D eigenvalue weighted by Crippen LogP contribution is 2.39. The standard InChI is InChI=1S/C15H24N4OS2/c1-12-16-17-14(22-12)21-10-3-13(20)19-8-5-15(6-9-19)4-7-18(2)11-15/h3-11H2,1-2H3. The Bertz CT molecular complexity index is 525. The van der Waals surface area contributed by atoms with Gasteiger partial charge >= 0.3 is 0 Å². The van der Waals surface area contributed by atoms with Crippen molar-refractivity contribution in [1.82, 2.24) is 20.0 Å². The van der Waals surface area contributed by atoms with Gasteiger partial charge < -0.3 is 9.80 Å². The Hall–Kier alpha value is -0.660. The molecule has 0 saturated carbocycles. The molecule has 22 heavy (non-hydrogen) atoms. The summed E-state index contributed by atoms with van der Waals surface area (Å²) in [5.41, 5.74) is 0.490. The zero-order valence-electron chi connectivity index (χ0n) is 13.4. The molecule has 122 valence electrons. The molecule has 0 N–H and O–H groups in total. The molecule has 3 rings (SSSR count). The van der Waals surface area contributed by atoms with Crippen LogP contribution in [0.1, 0.15) is 30.7 Å². The Morgan fingerprint density at radius 1 is 1.27 bits per heavy atom. The van der Waals surface area contributed by atoms with Crippen LogP contribution in [-0.2, 0) is 4.79 Å². The van der Waals surface area contributed by atoms with Crippen molar-refractivity contribution in [3.8, 4) is 0 Å². The van der Waals surface area contributed by atoms with Crippen molar-refractivity contribution in [2.75, 3.05) is 39.0 Å². The predicted molar refractivity (Wildman–Crippen MR) is 90.3 cm³/mol. The summed E-state index contributed by atoms with van der Waals surface area (Å²) < 4.78 is 0.969. The van der Waals surface area contributed by atoms with Gasteiger partial charge in [-0.15, -0.1) is 10.2 Å². The molecular weight excluding hydrogens is 316 g/mol. The third-order valence-electron chi connectivity index (χ3n) is 4.85. The SMILES string of the molecule is Cc1nnc(SCCC(=O)N2CCC3(CCN(C)C3)CC2)s1. The first-order chi connectivity index (χ1) is 10.6. The zero-order valence-corrected chi connectivity index (χ0v) is 15.0. The summed E-state index contributed by atoms with van der Waals surface area (Å²) in [6.07, 6.45) is 4.26. The quantitative estimate of drug-likeness (QED) is 0.787. The van der Waals surface area contributed by atoms with Crippen molar-refractivity contribution in [3.63, 3.8) is 0 Å². The monoisotopic (exact) mass is 340 g/mol. The van der Waals surface area contributed by atoms with Crippen LogP contribution in [0.5, 0.6) is 0 Å². The van der Waals surface area contributed by atoms with E-state index in [4.69, 9.17) is 0 Å². The van der Waals surface area contributed by atoms with Gasteiger partial charge in [-0.2, -0.15) is 0 Å². The maximum absolute atomic E-state index is 12.3. The molecule has 0 aromatic carbocycles. The predicted octanol–water partition coefficient (Wildman–Crippen LogP) is 2.27. The van der Waals surface area contributed by atoms with Crippen LogP contribution < -0.4 is 0 Å². The number of thioether (sulfide) groups is 1. The molecule has 2 aliphatic rings. The van der Waals surface area contributed by atoms with Gasteiger partial charge in [0, 0.05) is 31.8 Å². The summed E-state index contributed by atoms with van der Waals surface area (Å²) in [5, 5.41) is 9.06. The summed E-state index contributed by atoms with van der Waals surface area (Å²) >= 11 is 3.24. The fourth-order valence-electron chi connectivity index (χ4n) is 3.52. The topological polar surface area (TPSA) is 49.3 Å². The lowest BCUT2D eigenvalue weighted by atomic mass is 9.78. The molecule has 2 fully saturated rings. The van der Waals surface area contributed by atoms with Gasteiger partial charge in [0.25, 0.3) is 0 Å². The molecule has 0 radical (unpaired) electrons. The maximum Gasteiger partial charge on any atom is 0.223 e. The number of rotatable bonds is 4. The van der Waals surface area contributed by atoms with E-state index >= 15 is 0 Å². The number of aryl methyl sites for hydroxylation is 1. The molecule has 0 bridgehead atoms. The Kier molecular flexibility index (Phi) is 5.04. The second kappa shape index (κ2) is 6.84. The van der Waals surface area contributed by atoms with E-state index in [0.717, 1.165) is 28.2 Å². The molecule has 2 aliphatic heterocycles. The van der Waals surface area contributed by atoms with E-state index in [1.807, 2.05) is 6.92 Å². The van der Waals surface area contributed by atoms with E-state index in [1.54, 1.807) is 23.1 Å². The summed E-state index contributed by atoms with van der Waals surface area (Å²) in [6, 6.07) is 0. The molecule has 1 spiro atoms. The Labute approximate surface area is 140 Å². The normalized spacial score (nSPS) is 21.6. The van der Waals surface area contributed by atoms with Crippen LogP contribution in [0.25, 0.3) is 0 Å². The van der Waals surface area contributed by atoms with Crippen LogP contribution in [0.4, 0.5) is 0 Å². The average Bonchev–Trinajstić information content (AvgIpc) is 3.06. The van der Waals surface area contributed by atoms with Crippen molar-refractivity contribution in [3.05, 3.63) is 5.01 Å². The molecule has 7 heteroatoms. The van der Waals surface area contributed by atoms with Crippen LogP contribution in [0.3, 0.4) is 0 Å². The van der Waals surface area contributed by atoms with Gasteiger partial charge in [-0.1, -0.05) is 23.1 Å². The largest absolute Gasteiger partial charge is 0.343 e. The van der Waals surface area contributed by atoms with Crippen LogP contribution >= 0.6 is 23.1 Å². The minimum Gasteiger partial charge on any atom is -0.343 e. The Balaban J connectivity index is 1.40. The lowest BCUT2D eigenvalue weighted by Crippen LogP contribution is -2.44. The first-order valence-corrected chi connectivity index (χ1v) is 9.76. The van der Waals surface area contributed by atoms with E-state index in [0.29, 0.717) is 17.7 Å². The van der Waals surface area contributed by atoms with Gasteiger partial charge in [0.1, 0.15) is 5.01 Å². The van der Waals surface area contributed by atoms with Gasteiger partial charge in [0.05, 0.1) is 0 Å². The van der Waals surface area contributed by atoms with Gasteiger partial charge in [0.15, 0.2) is 4.34 Å². The number of carbonyl (C=O) groups is 1. The average molecular weight is 341 g/mol. The fourth-order valence-corrected chi connectivity index (χ4v) is 5.33. The first kappa shape index (κ1) is 16.2. The zero-order chi connectivity index (χ0) is 15.6. The number of piperidine rings is 1. The van der Waals surface area contributed by atoms with Crippen molar-refractivity contribution in [2.24, 2.45) is 5.41 Å². The van der Waals surface area contributed by atoms with E-state index < -0.39 is 0 Å². The minimum absolute atomic E-state index is 0.301. The number of hydrogen-bond acceptors (Lipinski definition) is 6. The van der Waals surface area contributed by atoms with Crippen molar-refractivity contribution in [2.45, 2.75) is 36.9 Å². The molecule has 1 amide bonds. The summed E-state index contributed by atoms with van der Waals surface area (Å²) in [7, 11) is 2.21. The molecule has 0 aliphatic carbocycles. The van der Waals surface area contributed by atoms with Gasteiger partial charge in [-0.25, -0.2) is 0 Å². The van der Waals surface area contributed by atoms with Crippen molar-refractivity contribution < 1.29 is 4.79 Å². The van der Waals surface area contributed by atoms with Gasteiger partial charge in [-0.3, -0.25) is 4.79 Å². The number of hydrogen-bond donors (Lipinski definition) is 0. The highest BCUT2D eigenvalue weighted by atomic mass is 32.2. The van der Waals surface area contributed by atoms with Gasteiger partial charge in [0.2, 0.25) is 5.91 Å². The van der Waals surface area contributed by atoms with Crippen LogP contribution in [0, 0.1) is 12.3 Å². The smallest absolute Gasteiger partial charge is 0.223 e. The molecule has 5 nitrogen and oxygen atoms in total. The number of carbonyl (C=O) groups excluding carboxylic acids is 1. The number of nitrogens with zero attached hydrogens (tertiary/aromatic N) is 4. The van der Waals surface area contributed by atoms with Crippen LogP contribution in [-0.4, -0.2) is 64.9 Å². The highest BCUT2D eigenvalue weighted by Gasteiger charge is 2.39. The van der Waals surface area contributed by atoms with E-state index in [2.05, 4.69) is 27.0 Å². The molecule has 1 aromatic heterocycles. The lowest BCUT2D eigenvalue weighted by molar-refractivity contribution is -0.132. The Morgan fingerprint density at radius 3 is 2.59 bits per heavy atom. The van der Waals surface area contributed by atoms with E-state index in [-0.39, 0.29) is 0 Å². The van der Waals surface area contributed by atoms with Crippen LogP contribution in [0.15, 0.2) is 4.34 Å². The van der Waals surface area contributed by atoms with Crippen LogP contribution in [0.2, 0.25) is 0 Å². The van der Waals surface area contributed by atoms with E-state index in [9.17, 15) is 4.79 Å². The molecule has 0 atom stereocenters. The Morgan fingerprint density at radius 2 is 2.00 bits per heavy atom. The number of amides is 1. The lowest BCUT2D eigenvalue weighted by Gasteiger charge is -2.39.